The zero-order valence-electron chi connectivity index (χ0n) is 16.2. The van der Waals surface area contributed by atoms with Crippen molar-refractivity contribution in [1.82, 2.24) is 14.3 Å². The van der Waals surface area contributed by atoms with Gasteiger partial charge in [0.15, 0.2) is 4.96 Å². The fraction of sp³-hybridized carbons (Fsp3) is 0.381. The quantitative estimate of drug-likeness (QED) is 0.602. The fourth-order valence-corrected chi connectivity index (χ4v) is 5.31. The summed E-state index contributed by atoms with van der Waals surface area (Å²) < 4.78 is 14.6. The van der Waals surface area contributed by atoms with Crippen LogP contribution in [0.2, 0.25) is 0 Å². The summed E-state index contributed by atoms with van der Waals surface area (Å²) in [4.78, 5) is 31.7. The summed E-state index contributed by atoms with van der Waals surface area (Å²) in [6.07, 6.45) is 3.16. The molecule has 2 unspecified atom stereocenters. The van der Waals surface area contributed by atoms with Crippen LogP contribution in [0.15, 0.2) is 46.7 Å². The Labute approximate surface area is 181 Å². The van der Waals surface area contributed by atoms with Crippen molar-refractivity contribution in [3.8, 4) is 0 Å². The van der Waals surface area contributed by atoms with Crippen molar-refractivity contribution >= 4 is 34.0 Å². The molecule has 9 heteroatoms. The van der Waals surface area contributed by atoms with E-state index in [9.17, 15) is 19.1 Å². The van der Waals surface area contributed by atoms with Crippen molar-refractivity contribution < 1.29 is 14.3 Å². The van der Waals surface area contributed by atoms with Crippen molar-refractivity contribution in [3.63, 3.8) is 0 Å². The maximum Gasteiger partial charge on any atom is 0.258 e. The Bertz CT molecular complexity index is 1080. The van der Waals surface area contributed by atoms with Crippen molar-refractivity contribution in [3.05, 3.63) is 69.3 Å². The highest BCUT2D eigenvalue weighted by molar-refractivity contribution is 7.99. The summed E-state index contributed by atoms with van der Waals surface area (Å²) in [6.45, 7) is 0.681. The Morgan fingerprint density at radius 1 is 1.37 bits per heavy atom. The van der Waals surface area contributed by atoms with Gasteiger partial charge in [-0.1, -0.05) is 12.1 Å². The van der Waals surface area contributed by atoms with Gasteiger partial charge < -0.3 is 10.0 Å². The van der Waals surface area contributed by atoms with Gasteiger partial charge in [0.25, 0.3) is 5.56 Å². The van der Waals surface area contributed by atoms with E-state index < -0.39 is 6.10 Å². The van der Waals surface area contributed by atoms with Gasteiger partial charge in [-0.15, -0.1) is 23.1 Å². The normalized spacial score (nSPS) is 17.5. The maximum absolute atomic E-state index is 13.1. The van der Waals surface area contributed by atoms with Gasteiger partial charge in [-0.3, -0.25) is 14.0 Å². The molecule has 0 bridgehead atoms. The van der Waals surface area contributed by atoms with Crippen LogP contribution in [0, 0.1) is 5.82 Å². The molecular formula is C21H22FN3O3S2. The predicted octanol–water partition coefficient (Wildman–Crippen LogP) is 3.24. The van der Waals surface area contributed by atoms with E-state index in [0.29, 0.717) is 40.7 Å². The lowest BCUT2D eigenvalue weighted by Gasteiger charge is -2.26. The molecule has 1 aliphatic rings. The van der Waals surface area contributed by atoms with Gasteiger partial charge in [-0.2, -0.15) is 0 Å². The van der Waals surface area contributed by atoms with Crippen molar-refractivity contribution in [2.75, 3.05) is 12.3 Å². The van der Waals surface area contributed by atoms with E-state index in [1.54, 1.807) is 18.3 Å². The van der Waals surface area contributed by atoms with Crippen molar-refractivity contribution in [1.29, 1.82) is 0 Å². The third-order valence-corrected chi connectivity index (χ3v) is 6.99. The zero-order valence-corrected chi connectivity index (χ0v) is 17.9. The largest absolute Gasteiger partial charge is 0.388 e. The van der Waals surface area contributed by atoms with E-state index >= 15 is 0 Å². The number of hydrogen-bond donors (Lipinski definition) is 1. The maximum atomic E-state index is 13.1. The highest BCUT2D eigenvalue weighted by atomic mass is 32.2. The lowest BCUT2D eigenvalue weighted by Crippen LogP contribution is -2.37. The van der Waals surface area contributed by atoms with E-state index in [0.717, 1.165) is 12.8 Å². The topological polar surface area (TPSA) is 74.9 Å². The van der Waals surface area contributed by atoms with Crippen LogP contribution in [-0.2, 0) is 10.5 Å². The fourth-order valence-electron chi connectivity index (χ4n) is 3.78. The van der Waals surface area contributed by atoms with Crippen LogP contribution in [0.3, 0.4) is 0 Å². The molecule has 0 saturated carbocycles. The van der Waals surface area contributed by atoms with Crippen LogP contribution in [0.4, 0.5) is 4.39 Å². The van der Waals surface area contributed by atoms with Gasteiger partial charge in [0.2, 0.25) is 5.91 Å². The summed E-state index contributed by atoms with van der Waals surface area (Å²) in [5.41, 5.74) is 1.22. The molecule has 0 spiro atoms. The first-order valence-electron chi connectivity index (χ1n) is 9.78. The Morgan fingerprint density at radius 2 is 2.17 bits per heavy atom. The number of amides is 1. The number of carbonyl (C=O) groups is 1. The molecule has 1 N–H and O–H groups in total. The minimum atomic E-state index is -0.730. The monoisotopic (exact) mass is 447 g/mol. The van der Waals surface area contributed by atoms with E-state index in [1.807, 2.05) is 10.3 Å². The number of benzene rings is 1. The SMILES string of the molecule is O=C(CSCc1cc(=O)n2ccsc2n1)N1CCCC1CC(O)c1ccc(F)cc1. The number of hydrogen-bond acceptors (Lipinski definition) is 6. The second-order valence-corrected chi connectivity index (χ2v) is 9.18. The summed E-state index contributed by atoms with van der Waals surface area (Å²) >= 11 is 2.84. The number of aliphatic hydroxyl groups is 1. The van der Waals surface area contributed by atoms with Gasteiger partial charge in [-0.25, -0.2) is 9.37 Å². The van der Waals surface area contributed by atoms with E-state index in [1.165, 1.54) is 45.7 Å². The van der Waals surface area contributed by atoms with Gasteiger partial charge in [0, 0.05) is 36.0 Å². The van der Waals surface area contributed by atoms with Crippen LogP contribution < -0.4 is 5.56 Å². The molecule has 1 saturated heterocycles. The van der Waals surface area contributed by atoms with E-state index in [-0.39, 0.29) is 23.3 Å². The standard InChI is InChI=1S/C21H22FN3O3S2/c22-15-5-3-14(4-6-15)18(26)11-17-2-1-7-24(17)20(28)13-29-12-16-10-19(27)25-8-9-30-21(25)23-16/h3-6,8-10,17-18,26H,1-2,7,11-13H2. The van der Waals surface area contributed by atoms with Gasteiger partial charge in [0.05, 0.1) is 17.6 Å². The first kappa shape index (κ1) is 21.0. The summed E-state index contributed by atoms with van der Waals surface area (Å²) in [7, 11) is 0. The third-order valence-electron chi connectivity index (χ3n) is 5.28. The lowest BCUT2D eigenvalue weighted by atomic mass is 10.0. The first-order valence-corrected chi connectivity index (χ1v) is 11.8. The number of halogens is 1. The molecule has 3 aromatic rings. The van der Waals surface area contributed by atoms with Gasteiger partial charge in [0.1, 0.15) is 5.82 Å². The third kappa shape index (κ3) is 4.74. The lowest BCUT2D eigenvalue weighted by molar-refractivity contribution is -0.129. The van der Waals surface area contributed by atoms with E-state index in [4.69, 9.17) is 0 Å². The van der Waals surface area contributed by atoms with Crippen LogP contribution in [0.25, 0.3) is 4.96 Å². The first-order chi connectivity index (χ1) is 14.5. The smallest absolute Gasteiger partial charge is 0.258 e. The molecular weight excluding hydrogens is 425 g/mol. The van der Waals surface area contributed by atoms with Crippen LogP contribution >= 0.6 is 23.1 Å². The van der Waals surface area contributed by atoms with E-state index in [2.05, 4.69) is 4.98 Å². The molecule has 30 heavy (non-hydrogen) atoms. The second kappa shape index (κ2) is 9.28. The van der Waals surface area contributed by atoms with Crippen molar-refractivity contribution in [2.45, 2.75) is 37.2 Å². The molecule has 0 radical (unpaired) electrons. The molecule has 2 aromatic heterocycles. The number of likely N-dealkylation sites (tertiary alicyclic amines) is 1. The number of rotatable bonds is 7. The Balaban J connectivity index is 1.31. The molecule has 0 aliphatic carbocycles. The van der Waals surface area contributed by atoms with Crippen LogP contribution in [0.5, 0.6) is 0 Å². The average Bonchev–Trinajstić information content (AvgIpc) is 3.38. The molecule has 6 nitrogen and oxygen atoms in total. The molecule has 1 aliphatic heterocycles. The number of carbonyl (C=O) groups excluding carboxylic acids is 1. The molecule has 1 aromatic carbocycles. The summed E-state index contributed by atoms with van der Waals surface area (Å²) in [5, 5.41) is 12.3. The molecule has 4 rings (SSSR count). The molecule has 3 heterocycles. The number of thioether (sulfide) groups is 1. The van der Waals surface area contributed by atoms with Gasteiger partial charge in [-0.05, 0) is 37.0 Å². The van der Waals surface area contributed by atoms with Crippen LogP contribution in [0.1, 0.15) is 36.6 Å². The number of nitrogens with zero attached hydrogens (tertiary/aromatic N) is 3. The molecule has 1 amide bonds. The number of fused-ring (bicyclic) bond motifs is 1. The Kier molecular flexibility index (Phi) is 6.50. The molecule has 158 valence electrons. The van der Waals surface area contributed by atoms with Gasteiger partial charge >= 0.3 is 0 Å². The summed E-state index contributed by atoms with van der Waals surface area (Å²) in [5.74, 6) is 0.486. The minimum absolute atomic E-state index is 0.0246. The number of thiazole rings is 1. The Morgan fingerprint density at radius 3 is 2.97 bits per heavy atom. The highest BCUT2D eigenvalue weighted by Gasteiger charge is 2.30. The average molecular weight is 448 g/mol. The summed E-state index contributed by atoms with van der Waals surface area (Å²) in [6, 6.07) is 7.31. The molecule has 1 fully saturated rings. The highest BCUT2D eigenvalue weighted by Crippen LogP contribution is 2.28. The second-order valence-electron chi connectivity index (χ2n) is 7.32. The van der Waals surface area contributed by atoms with Crippen LogP contribution in [-0.4, -0.2) is 43.6 Å². The number of aliphatic hydroxyl groups excluding tert-OH is 1. The molecule has 2 atom stereocenters. The zero-order chi connectivity index (χ0) is 21.1. The Hall–Kier alpha value is -2.23. The predicted molar refractivity (Wildman–Crippen MR) is 116 cm³/mol. The minimum Gasteiger partial charge on any atom is -0.388 e. The number of aromatic nitrogens is 2. The van der Waals surface area contributed by atoms with Crippen molar-refractivity contribution in [2.24, 2.45) is 0 Å².